The SMILES string of the molecule is Cc1ccccc1-n1cc(CN(C)C(=O)C[C@H]2C(=O)NCCN2C)cn1. The lowest BCUT2D eigenvalue weighted by Gasteiger charge is -2.32. The van der Waals surface area contributed by atoms with E-state index < -0.39 is 6.04 Å². The highest BCUT2D eigenvalue weighted by Crippen LogP contribution is 2.15. The van der Waals surface area contributed by atoms with E-state index in [1.54, 1.807) is 18.1 Å². The first-order chi connectivity index (χ1) is 12.5. The molecule has 7 heteroatoms. The number of amides is 2. The monoisotopic (exact) mass is 355 g/mol. The molecule has 0 bridgehead atoms. The van der Waals surface area contributed by atoms with E-state index in [2.05, 4.69) is 10.4 Å². The number of benzene rings is 1. The van der Waals surface area contributed by atoms with Crippen LogP contribution in [-0.2, 0) is 16.1 Å². The van der Waals surface area contributed by atoms with Crippen molar-refractivity contribution in [2.75, 3.05) is 27.2 Å². The second-order valence-electron chi connectivity index (χ2n) is 6.82. The molecule has 1 aromatic carbocycles. The average molecular weight is 355 g/mol. The number of rotatable bonds is 5. The van der Waals surface area contributed by atoms with E-state index in [0.717, 1.165) is 23.4 Å². The number of piperazine rings is 1. The number of hydrogen-bond acceptors (Lipinski definition) is 4. The number of nitrogens with zero attached hydrogens (tertiary/aromatic N) is 4. The maximum atomic E-state index is 12.5. The molecule has 1 aromatic heterocycles. The van der Waals surface area contributed by atoms with Crippen molar-refractivity contribution in [3.63, 3.8) is 0 Å². The summed E-state index contributed by atoms with van der Waals surface area (Å²) in [5.41, 5.74) is 3.11. The second-order valence-corrected chi connectivity index (χ2v) is 6.82. The Bertz CT molecular complexity index is 801. The van der Waals surface area contributed by atoms with E-state index in [1.807, 2.05) is 54.0 Å². The summed E-state index contributed by atoms with van der Waals surface area (Å²) in [4.78, 5) is 28.1. The second kappa shape index (κ2) is 7.70. The molecule has 3 rings (SSSR count). The molecule has 0 unspecified atom stereocenters. The Kier molecular flexibility index (Phi) is 5.37. The summed E-state index contributed by atoms with van der Waals surface area (Å²) in [6, 6.07) is 7.63. The first-order valence-corrected chi connectivity index (χ1v) is 8.77. The van der Waals surface area contributed by atoms with Gasteiger partial charge in [0, 0.05) is 38.4 Å². The van der Waals surface area contributed by atoms with E-state index in [1.165, 1.54) is 0 Å². The van der Waals surface area contributed by atoms with Gasteiger partial charge in [-0.1, -0.05) is 18.2 Å². The first-order valence-electron chi connectivity index (χ1n) is 8.77. The fourth-order valence-corrected chi connectivity index (χ4v) is 3.16. The highest BCUT2D eigenvalue weighted by molar-refractivity contribution is 5.88. The van der Waals surface area contributed by atoms with Crippen LogP contribution in [0.5, 0.6) is 0 Å². The molecule has 1 atom stereocenters. The van der Waals surface area contributed by atoms with Crippen LogP contribution in [0.3, 0.4) is 0 Å². The van der Waals surface area contributed by atoms with E-state index >= 15 is 0 Å². The Balaban J connectivity index is 1.63. The lowest BCUT2D eigenvalue weighted by atomic mass is 10.1. The molecule has 2 heterocycles. The van der Waals surface area contributed by atoms with Gasteiger partial charge < -0.3 is 10.2 Å². The normalized spacial score (nSPS) is 17.8. The summed E-state index contributed by atoms with van der Waals surface area (Å²) in [5.74, 6) is -0.129. The maximum Gasteiger partial charge on any atom is 0.237 e. The van der Waals surface area contributed by atoms with Gasteiger partial charge in [-0.3, -0.25) is 14.5 Å². The van der Waals surface area contributed by atoms with Crippen LogP contribution >= 0.6 is 0 Å². The number of likely N-dealkylation sites (N-methyl/N-ethyl adjacent to an activating group) is 1. The van der Waals surface area contributed by atoms with Gasteiger partial charge in [-0.25, -0.2) is 4.68 Å². The molecule has 1 N–H and O–H groups in total. The fraction of sp³-hybridized carbons (Fsp3) is 0.421. The number of aromatic nitrogens is 2. The van der Waals surface area contributed by atoms with Crippen LogP contribution in [0.15, 0.2) is 36.7 Å². The van der Waals surface area contributed by atoms with E-state index in [0.29, 0.717) is 13.1 Å². The average Bonchev–Trinajstić information content (AvgIpc) is 3.06. The van der Waals surface area contributed by atoms with Crippen molar-refractivity contribution in [2.24, 2.45) is 0 Å². The van der Waals surface area contributed by atoms with Gasteiger partial charge in [0.05, 0.1) is 24.3 Å². The summed E-state index contributed by atoms with van der Waals surface area (Å²) < 4.78 is 1.82. The van der Waals surface area contributed by atoms with Gasteiger partial charge in [0.25, 0.3) is 0 Å². The van der Waals surface area contributed by atoms with Crippen molar-refractivity contribution < 1.29 is 9.59 Å². The third-order valence-corrected chi connectivity index (χ3v) is 4.81. The largest absolute Gasteiger partial charge is 0.353 e. The fourth-order valence-electron chi connectivity index (χ4n) is 3.16. The third kappa shape index (κ3) is 3.94. The topological polar surface area (TPSA) is 70.5 Å². The van der Waals surface area contributed by atoms with Crippen LogP contribution in [0.2, 0.25) is 0 Å². The van der Waals surface area contributed by atoms with Gasteiger partial charge in [-0.2, -0.15) is 5.10 Å². The van der Waals surface area contributed by atoms with Crippen molar-refractivity contribution in [1.29, 1.82) is 0 Å². The molecule has 2 aromatic rings. The minimum absolute atomic E-state index is 0.0532. The smallest absolute Gasteiger partial charge is 0.237 e. The number of carbonyl (C=O) groups is 2. The summed E-state index contributed by atoms with van der Waals surface area (Å²) >= 11 is 0. The van der Waals surface area contributed by atoms with Crippen molar-refractivity contribution in [3.8, 4) is 5.69 Å². The minimum atomic E-state index is -0.395. The molecular formula is C19H25N5O2. The molecule has 0 spiro atoms. The number of aryl methyl sites for hydroxylation is 1. The van der Waals surface area contributed by atoms with Gasteiger partial charge in [-0.15, -0.1) is 0 Å². The molecule has 0 saturated carbocycles. The van der Waals surface area contributed by atoms with E-state index in [4.69, 9.17) is 0 Å². The van der Waals surface area contributed by atoms with E-state index in [9.17, 15) is 9.59 Å². The summed E-state index contributed by atoms with van der Waals surface area (Å²) in [7, 11) is 3.64. The highest BCUT2D eigenvalue weighted by Gasteiger charge is 2.30. The zero-order chi connectivity index (χ0) is 18.7. The number of carbonyl (C=O) groups excluding carboxylic acids is 2. The quantitative estimate of drug-likeness (QED) is 0.867. The van der Waals surface area contributed by atoms with Crippen molar-refractivity contribution in [3.05, 3.63) is 47.8 Å². The molecule has 0 radical (unpaired) electrons. The zero-order valence-electron chi connectivity index (χ0n) is 15.5. The van der Waals surface area contributed by atoms with Gasteiger partial charge in [0.1, 0.15) is 0 Å². The van der Waals surface area contributed by atoms with Gasteiger partial charge >= 0.3 is 0 Å². The van der Waals surface area contributed by atoms with Crippen LogP contribution in [0.25, 0.3) is 5.69 Å². The van der Waals surface area contributed by atoms with Crippen LogP contribution < -0.4 is 5.32 Å². The van der Waals surface area contributed by atoms with E-state index in [-0.39, 0.29) is 18.2 Å². The lowest BCUT2D eigenvalue weighted by molar-refractivity contribution is -0.137. The van der Waals surface area contributed by atoms with Crippen LogP contribution in [-0.4, -0.2) is 64.6 Å². The minimum Gasteiger partial charge on any atom is -0.353 e. The molecule has 1 aliphatic rings. The van der Waals surface area contributed by atoms with Gasteiger partial charge in [0.2, 0.25) is 11.8 Å². The Hall–Kier alpha value is -2.67. The molecule has 1 fully saturated rings. The van der Waals surface area contributed by atoms with Crippen molar-refractivity contribution in [1.82, 2.24) is 24.9 Å². The van der Waals surface area contributed by atoms with Gasteiger partial charge in [0.15, 0.2) is 0 Å². The Morgan fingerprint density at radius 1 is 1.38 bits per heavy atom. The Morgan fingerprint density at radius 3 is 2.88 bits per heavy atom. The lowest BCUT2D eigenvalue weighted by Crippen LogP contribution is -2.54. The van der Waals surface area contributed by atoms with Crippen molar-refractivity contribution >= 4 is 11.8 Å². The molecule has 138 valence electrons. The summed E-state index contributed by atoms with van der Waals surface area (Å²) in [6.07, 6.45) is 3.89. The molecule has 1 saturated heterocycles. The standard InChI is InChI=1S/C19H25N5O2/c1-14-6-4-5-7-16(14)24-13-15(11-21-24)12-23(3)18(25)10-17-19(26)20-8-9-22(17)2/h4-7,11,13,17H,8-10,12H2,1-3H3,(H,20,26)/t17-/m0/s1. The zero-order valence-corrected chi connectivity index (χ0v) is 15.5. The van der Waals surface area contributed by atoms with Crippen molar-refractivity contribution in [2.45, 2.75) is 25.9 Å². The van der Waals surface area contributed by atoms with Crippen LogP contribution in [0, 0.1) is 6.92 Å². The Labute approximate surface area is 153 Å². The summed E-state index contributed by atoms with van der Waals surface area (Å²) in [5, 5.41) is 7.22. The van der Waals surface area contributed by atoms with Gasteiger partial charge in [-0.05, 0) is 25.6 Å². The number of hydrogen-bond donors (Lipinski definition) is 1. The molecule has 1 aliphatic heterocycles. The van der Waals surface area contributed by atoms with Crippen LogP contribution in [0.4, 0.5) is 0 Å². The Morgan fingerprint density at radius 2 is 2.15 bits per heavy atom. The highest BCUT2D eigenvalue weighted by atomic mass is 16.2. The maximum absolute atomic E-state index is 12.5. The molecule has 2 amide bonds. The molecule has 0 aliphatic carbocycles. The third-order valence-electron chi connectivity index (χ3n) is 4.81. The molecule has 7 nitrogen and oxygen atoms in total. The van der Waals surface area contributed by atoms with Crippen LogP contribution in [0.1, 0.15) is 17.5 Å². The molecule has 26 heavy (non-hydrogen) atoms. The number of nitrogens with one attached hydrogen (secondary N) is 1. The molecular weight excluding hydrogens is 330 g/mol. The predicted molar refractivity (Wildman–Crippen MR) is 98.8 cm³/mol. The summed E-state index contributed by atoms with van der Waals surface area (Å²) in [6.45, 7) is 3.89. The first kappa shape index (κ1) is 18.1. The predicted octanol–water partition coefficient (Wildman–Crippen LogP) is 0.959. The number of para-hydroxylation sites is 1.